The van der Waals surface area contributed by atoms with Gasteiger partial charge < -0.3 is 0 Å². The first kappa shape index (κ1) is 12.9. The van der Waals surface area contributed by atoms with Crippen molar-refractivity contribution in [1.82, 2.24) is 0 Å². The molecule has 0 fully saturated rings. The molecule has 2 aromatic carbocycles. The van der Waals surface area contributed by atoms with Gasteiger partial charge in [0.2, 0.25) is 0 Å². The van der Waals surface area contributed by atoms with Crippen LogP contribution in [0.5, 0.6) is 0 Å². The zero-order chi connectivity index (χ0) is 13.0. The molecule has 92 valence electrons. The summed E-state index contributed by atoms with van der Waals surface area (Å²) in [6.07, 6.45) is 0. The molecule has 0 amide bonds. The van der Waals surface area contributed by atoms with Crippen molar-refractivity contribution in [2.24, 2.45) is 5.92 Å². The van der Waals surface area contributed by atoms with Crippen LogP contribution in [0.1, 0.15) is 24.2 Å². The van der Waals surface area contributed by atoms with E-state index in [2.05, 4.69) is 12.1 Å². The van der Waals surface area contributed by atoms with Gasteiger partial charge in [0, 0.05) is 21.3 Å². The van der Waals surface area contributed by atoms with E-state index in [4.69, 9.17) is 0 Å². The van der Waals surface area contributed by atoms with Crippen LogP contribution < -0.4 is 0 Å². The lowest BCUT2D eigenvalue weighted by atomic mass is 10.0. The lowest BCUT2D eigenvalue weighted by molar-refractivity contribution is 0.0939. The van der Waals surface area contributed by atoms with Crippen LogP contribution in [0.25, 0.3) is 0 Å². The predicted octanol–water partition coefficient (Wildman–Crippen LogP) is 4.68. The number of ketones is 1. The van der Waals surface area contributed by atoms with Crippen LogP contribution >= 0.6 is 11.8 Å². The van der Waals surface area contributed by atoms with Gasteiger partial charge in [0.1, 0.15) is 0 Å². The Labute approximate surface area is 112 Å². The molecule has 0 saturated carbocycles. The molecular weight excluding hydrogens is 240 g/mol. The van der Waals surface area contributed by atoms with Crippen molar-refractivity contribution < 1.29 is 4.79 Å². The molecule has 0 bridgehead atoms. The van der Waals surface area contributed by atoms with Gasteiger partial charge in [-0.25, -0.2) is 0 Å². The Morgan fingerprint density at radius 3 is 2.00 bits per heavy atom. The van der Waals surface area contributed by atoms with E-state index in [-0.39, 0.29) is 11.7 Å². The van der Waals surface area contributed by atoms with Crippen LogP contribution in [-0.2, 0) is 0 Å². The maximum Gasteiger partial charge on any atom is 0.165 e. The summed E-state index contributed by atoms with van der Waals surface area (Å²) in [5.74, 6) is 0.254. The molecule has 2 heteroatoms. The van der Waals surface area contributed by atoms with E-state index in [9.17, 15) is 4.79 Å². The first-order chi connectivity index (χ1) is 8.66. The summed E-state index contributed by atoms with van der Waals surface area (Å²) < 4.78 is 0. The van der Waals surface area contributed by atoms with Gasteiger partial charge in [0.15, 0.2) is 5.78 Å². The molecule has 18 heavy (non-hydrogen) atoms. The minimum atomic E-state index is 0.0534. The molecule has 0 saturated heterocycles. The van der Waals surface area contributed by atoms with Gasteiger partial charge in [-0.2, -0.15) is 0 Å². The monoisotopic (exact) mass is 256 g/mol. The van der Waals surface area contributed by atoms with Gasteiger partial charge in [0.05, 0.1) is 0 Å². The molecular formula is C16H16OS. The maximum atomic E-state index is 11.8. The van der Waals surface area contributed by atoms with Gasteiger partial charge in [-0.15, -0.1) is 0 Å². The van der Waals surface area contributed by atoms with Crippen LogP contribution in [0.15, 0.2) is 64.4 Å². The van der Waals surface area contributed by atoms with Crippen molar-refractivity contribution in [2.45, 2.75) is 23.6 Å². The van der Waals surface area contributed by atoms with E-state index < -0.39 is 0 Å². The Kier molecular flexibility index (Phi) is 4.21. The number of hydrogen-bond donors (Lipinski definition) is 0. The topological polar surface area (TPSA) is 17.1 Å². The molecule has 1 nitrogen and oxygen atoms in total. The van der Waals surface area contributed by atoms with E-state index in [0.29, 0.717) is 0 Å². The normalized spacial score (nSPS) is 10.6. The molecule has 2 rings (SSSR count). The number of benzene rings is 2. The van der Waals surface area contributed by atoms with E-state index in [1.54, 1.807) is 11.8 Å². The molecule has 0 aromatic heterocycles. The number of rotatable bonds is 4. The highest BCUT2D eigenvalue weighted by atomic mass is 32.2. The van der Waals surface area contributed by atoms with Gasteiger partial charge >= 0.3 is 0 Å². The summed E-state index contributed by atoms with van der Waals surface area (Å²) in [4.78, 5) is 14.2. The molecule has 0 radical (unpaired) electrons. The van der Waals surface area contributed by atoms with Crippen molar-refractivity contribution in [2.75, 3.05) is 0 Å². The fraction of sp³-hybridized carbons (Fsp3) is 0.188. The third kappa shape index (κ3) is 3.23. The highest BCUT2D eigenvalue weighted by Gasteiger charge is 2.09. The average molecular weight is 256 g/mol. The lowest BCUT2D eigenvalue weighted by Gasteiger charge is -2.05. The Morgan fingerprint density at radius 1 is 0.889 bits per heavy atom. The van der Waals surface area contributed by atoms with Crippen LogP contribution in [0, 0.1) is 5.92 Å². The second kappa shape index (κ2) is 5.87. The molecule has 0 aliphatic rings. The fourth-order valence-corrected chi connectivity index (χ4v) is 2.48. The van der Waals surface area contributed by atoms with E-state index in [1.807, 2.05) is 56.3 Å². The van der Waals surface area contributed by atoms with Crippen molar-refractivity contribution in [3.05, 3.63) is 60.2 Å². The Bertz CT molecular complexity index is 515. The Hall–Kier alpha value is -1.54. The summed E-state index contributed by atoms with van der Waals surface area (Å²) >= 11 is 1.71. The second-order valence-corrected chi connectivity index (χ2v) is 5.61. The number of Topliss-reactive ketones (excluding diaryl/α,β-unsaturated/α-hetero) is 1. The van der Waals surface area contributed by atoms with Crippen molar-refractivity contribution in [3.63, 3.8) is 0 Å². The van der Waals surface area contributed by atoms with E-state index in [0.717, 1.165) is 10.5 Å². The average Bonchev–Trinajstić information content (AvgIpc) is 2.40. The Morgan fingerprint density at radius 2 is 1.44 bits per heavy atom. The first-order valence-corrected chi connectivity index (χ1v) is 6.85. The molecule has 0 aliphatic carbocycles. The second-order valence-electron chi connectivity index (χ2n) is 4.46. The first-order valence-electron chi connectivity index (χ1n) is 6.04. The number of carbonyl (C=O) groups excluding carboxylic acids is 1. The minimum absolute atomic E-state index is 0.0534. The molecule has 0 atom stereocenters. The largest absolute Gasteiger partial charge is 0.294 e. The fourth-order valence-electron chi connectivity index (χ4n) is 1.65. The third-order valence-corrected chi connectivity index (χ3v) is 3.66. The summed E-state index contributed by atoms with van der Waals surface area (Å²) in [5, 5.41) is 0. The minimum Gasteiger partial charge on any atom is -0.294 e. The van der Waals surface area contributed by atoms with E-state index >= 15 is 0 Å². The van der Waals surface area contributed by atoms with Gasteiger partial charge in [-0.1, -0.05) is 55.9 Å². The highest BCUT2D eigenvalue weighted by Crippen LogP contribution is 2.27. The van der Waals surface area contributed by atoms with E-state index in [1.165, 1.54) is 4.90 Å². The molecule has 0 aliphatic heterocycles. The highest BCUT2D eigenvalue weighted by molar-refractivity contribution is 7.99. The quantitative estimate of drug-likeness (QED) is 0.739. The van der Waals surface area contributed by atoms with Crippen molar-refractivity contribution in [3.8, 4) is 0 Å². The molecule has 0 spiro atoms. The van der Waals surface area contributed by atoms with Crippen LogP contribution in [0.3, 0.4) is 0 Å². The number of carbonyl (C=O) groups is 1. The Balaban J connectivity index is 2.11. The van der Waals surface area contributed by atoms with Crippen LogP contribution in [0.2, 0.25) is 0 Å². The zero-order valence-corrected chi connectivity index (χ0v) is 11.4. The summed E-state index contributed by atoms with van der Waals surface area (Å²) in [5.41, 5.74) is 0.794. The summed E-state index contributed by atoms with van der Waals surface area (Å²) in [6.45, 7) is 3.85. The molecule has 2 aromatic rings. The zero-order valence-electron chi connectivity index (χ0n) is 10.6. The smallest absolute Gasteiger partial charge is 0.165 e. The third-order valence-electron chi connectivity index (χ3n) is 2.64. The van der Waals surface area contributed by atoms with Crippen molar-refractivity contribution >= 4 is 17.5 Å². The standard InChI is InChI=1S/C16H16OS/c1-12(2)16(17)13-8-10-15(11-9-13)18-14-6-4-3-5-7-14/h3-12H,1-2H3. The predicted molar refractivity (Wildman–Crippen MR) is 76.2 cm³/mol. The van der Waals surface area contributed by atoms with Crippen LogP contribution in [-0.4, -0.2) is 5.78 Å². The lowest BCUT2D eigenvalue weighted by Crippen LogP contribution is -2.06. The van der Waals surface area contributed by atoms with Crippen LogP contribution in [0.4, 0.5) is 0 Å². The van der Waals surface area contributed by atoms with Gasteiger partial charge in [-0.3, -0.25) is 4.79 Å². The van der Waals surface area contributed by atoms with Crippen molar-refractivity contribution in [1.29, 1.82) is 0 Å². The number of hydrogen-bond acceptors (Lipinski definition) is 2. The maximum absolute atomic E-state index is 11.8. The summed E-state index contributed by atoms with van der Waals surface area (Å²) in [6, 6.07) is 18.1. The van der Waals surface area contributed by atoms with Gasteiger partial charge in [-0.05, 0) is 24.3 Å². The molecule has 0 heterocycles. The molecule has 0 N–H and O–H groups in total. The summed E-state index contributed by atoms with van der Waals surface area (Å²) in [7, 11) is 0. The molecule has 0 unspecified atom stereocenters. The van der Waals surface area contributed by atoms with Gasteiger partial charge in [0.25, 0.3) is 0 Å². The SMILES string of the molecule is CC(C)C(=O)c1ccc(Sc2ccccc2)cc1.